The van der Waals surface area contributed by atoms with Crippen molar-refractivity contribution in [3.63, 3.8) is 0 Å². The van der Waals surface area contributed by atoms with E-state index in [1.807, 2.05) is 0 Å². The Morgan fingerprint density at radius 1 is 1.50 bits per heavy atom. The molecular weight excluding hydrogens is 195 g/mol. The zero-order valence-electron chi connectivity index (χ0n) is 8.22. The van der Waals surface area contributed by atoms with Crippen LogP contribution in [-0.4, -0.2) is 41.9 Å². The number of piperidine rings is 1. The standard InChI is InChI=1S/C9H16F3NO/c1-7(14)5-13-4-2-3-8(6-13)9(10,11)12/h7-8,14H,2-6H2,1H3/t7-,8?/m1/s1. The Hall–Kier alpha value is -0.290. The molecule has 1 heterocycles. The van der Waals surface area contributed by atoms with E-state index < -0.39 is 18.2 Å². The van der Waals surface area contributed by atoms with Crippen LogP contribution in [0.5, 0.6) is 0 Å². The molecule has 0 radical (unpaired) electrons. The molecule has 1 N–H and O–H groups in total. The highest BCUT2D eigenvalue weighted by atomic mass is 19.4. The first-order valence-corrected chi connectivity index (χ1v) is 4.86. The quantitative estimate of drug-likeness (QED) is 0.750. The molecule has 14 heavy (non-hydrogen) atoms. The largest absolute Gasteiger partial charge is 0.393 e. The van der Waals surface area contributed by atoms with Gasteiger partial charge in [0, 0.05) is 13.1 Å². The molecule has 1 aliphatic rings. The lowest BCUT2D eigenvalue weighted by Gasteiger charge is -2.34. The Bertz CT molecular complexity index is 181. The van der Waals surface area contributed by atoms with Gasteiger partial charge in [-0.05, 0) is 26.3 Å². The summed E-state index contributed by atoms with van der Waals surface area (Å²) in [6.07, 6.45) is -3.85. The summed E-state index contributed by atoms with van der Waals surface area (Å²) < 4.78 is 37.1. The Kier molecular flexibility index (Phi) is 3.78. The fourth-order valence-corrected chi connectivity index (χ4v) is 1.86. The normalized spacial score (nSPS) is 27.6. The van der Waals surface area contributed by atoms with Gasteiger partial charge in [-0.3, -0.25) is 0 Å². The number of hydrogen-bond donors (Lipinski definition) is 1. The van der Waals surface area contributed by atoms with E-state index in [-0.39, 0.29) is 13.0 Å². The highest BCUT2D eigenvalue weighted by Crippen LogP contribution is 2.32. The highest BCUT2D eigenvalue weighted by molar-refractivity contribution is 4.78. The van der Waals surface area contributed by atoms with Crippen molar-refractivity contribution in [3.8, 4) is 0 Å². The van der Waals surface area contributed by atoms with Gasteiger partial charge in [-0.1, -0.05) is 0 Å². The van der Waals surface area contributed by atoms with Gasteiger partial charge in [-0.15, -0.1) is 0 Å². The lowest BCUT2D eigenvalue weighted by Crippen LogP contribution is -2.44. The molecule has 2 atom stereocenters. The van der Waals surface area contributed by atoms with Crippen LogP contribution in [0, 0.1) is 5.92 Å². The van der Waals surface area contributed by atoms with Gasteiger partial charge in [0.1, 0.15) is 0 Å². The van der Waals surface area contributed by atoms with Crippen molar-refractivity contribution >= 4 is 0 Å². The molecule has 0 saturated carbocycles. The molecule has 0 bridgehead atoms. The van der Waals surface area contributed by atoms with E-state index in [0.717, 1.165) is 0 Å². The fraction of sp³-hybridized carbons (Fsp3) is 1.00. The summed E-state index contributed by atoms with van der Waals surface area (Å²) >= 11 is 0. The first-order valence-electron chi connectivity index (χ1n) is 4.86. The van der Waals surface area contributed by atoms with Crippen LogP contribution in [0.15, 0.2) is 0 Å². The molecule has 1 fully saturated rings. The third-order valence-corrected chi connectivity index (χ3v) is 2.49. The van der Waals surface area contributed by atoms with E-state index in [1.165, 1.54) is 0 Å². The lowest BCUT2D eigenvalue weighted by molar-refractivity contribution is -0.187. The predicted octanol–water partition coefficient (Wildman–Crippen LogP) is 1.64. The molecule has 0 aromatic heterocycles. The summed E-state index contributed by atoms with van der Waals surface area (Å²) in [6, 6.07) is 0. The average molecular weight is 211 g/mol. The van der Waals surface area contributed by atoms with E-state index in [4.69, 9.17) is 5.11 Å². The lowest BCUT2D eigenvalue weighted by atomic mass is 9.97. The third kappa shape index (κ3) is 3.46. The predicted molar refractivity (Wildman–Crippen MR) is 46.9 cm³/mol. The van der Waals surface area contributed by atoms with Gasteiger partial charge in [0.2, 0.25) is 0 Å². The number of alkyl halides is 3. The van der Waals surface area contributed by atoms with Crippen LogP contribution in [0.1, 0.15) is 19.8 Å². The van der Waals surface area contributed by atoms with Crippen molar-refractivity contribution in [3.05, 3.63) is 0 Å². The molecule has 0 aliphatic carbocycles. The molecule has 0 aromatic carbocycles. The second kappa shape index (κ2) is 4.49. The van der Waals surface area contributed by atoms with E-state index >= 15 is 0 Å². The summed E-state index contributed by atoms with van der Waals surface area (Å²) in [5, 5.41) is 9.07. The molecule has 84 valence electrons. The number of likely N-dealkylation sites (tertiary alicyclic amines) is 1. The summed E-state index contributed by atoms with van der Waals surface area (Å²) in [4.78, 5) is 1.69. The molecule has 0 aromatic rings. The van der Waals surface area contributed by atoms with Crippen LogP contribution in [-0.2, 0) is 0 Å². The van der Waals surface area contributed by atoms with Crippen LogP contribution < -0.4 is 0 Å². The van der Waals surface area contributed by atoms with Crippen molar-refractivity contribution in [1.82, 2.24) is 4.90 Å². The van der Waals surface area contributed by atoms with Crippen molar-refractivity contribution in [2.45, 2.75) is 32.0 Å². The number of halogens is 3. The van der Waals surface area contributed by atoms with Gasteiger partial charge >= 0.3 is 6.18 Å². The van der Waals surface area contributed by atoms with Crippen LogP contribution in [0.2, 0.25) is 0 Å². The molecule has 0 spiro atoms. The molecule has 1 aliphatic heterocycles. The average Bonchev–Trinajstić information content (AvgIpc) is 2.01. The number of hydrogen-bond acceptors (Lipinski definition) is 2. The zero-order chi connectivity index (χ0) is 10.8. The molecule has 5 heteroatoms. The summed E-state index contributed by atoms with van der Waals surface area (Å²) in [5.41, 5.74) is 0. The van der Waals surface area contributed by atoms with Crippen molar-refractivity contribution < 1.29 is 18.3 Å². The van der Waals surface area contributed by atoms with Crippen LogP contribution in [0.4, 0.5) is 13.2 Å². The minimum absolute atomic E-state index is 0.0361. The fourth-order valence-electron chi connectivity index (χ4n) is 1.86. The number of rotatable bonds is 2. The van der Waals surface area contributed by atoms with Gasteiger partial charge in [-0.25, -0.2) is 0 Å². The summed E-state index contributed by atoms with van der Waals surface area (Å²) in [5.74, 6) is -1.21. The first-order chi connectivity index (χ1) is 6.39. The van der Waals surface area contributed by atoms with E-state index in [9.17, 15) is 13.2 Å². The van der Waals surface area contributed by atoms with Crippen LogP contribution >= 0.6 is 0 Å². The third-order valence-electron chi connectivity index (χ3n) is 2.49. The van der Waals surface area contributed by atoms with Gasteiger partial charge in [-0.2, -0.15) is 13.2 Å². The molecule has 0 amide bonds. The zero-order valence-corrected chi connectivity index (χ0v) is 8.22. The first kappa shape index (κ1) is 11.8. The minimum atomic E-state index is -4.09. The minimum Gasteiger partial charge on any atom is -0.392 e. The summed E-state index contributed by atoms with van der Waals surface area (Å²) in [7, 11) is 0. The van der Waals surface area contributed by atoms with Crippen molar-refractivity contribution in [2.75, 3.05) is 19.6 Å². The second-order valence-electron chi connectivity index (χ2n) is 3.99. The van der Waals surface area contributed by atoms with Crippen molar-refractivity contribution in [2.24, 2.45) is 5.92 Å². The molecule has 1 rings (SSSR count). The number of aliphatic hydroxyl groups is 1. The molecule has 1 unspecified atom stereocenters. The van der Waals surface area contributed by atoms with Crippen LogP contribution in [0.25, 0.3) is 0 Å². The second-order valence-corrected chi connectivity index (χ2v) is 3.99. The maximum atomic E-state index is 12.4. The Morgan fingerprint density at radius 3 is 2.64 bits per heavy atom. The maximum Gasteiger partial charge on any atom is 0.393 e. The molecule has 1 saturated heterocycles. The number of aliphatic hydroxyl groups excluding tert-OH is 1. The van der Waals surface area contributed by atoms with Gasteiger partial charge in [0.25, 0.3) is 0 Å². The van der Waals surface area contributed by atoms with Crippen molar-refractivity contribution in [1.29, 1.82) is 0 Å². The SMILES string of the molecule is C[C@@H](O)CN1CCCC(C(F)(F)F)C1. The maximum absolute atomic E-state index is 12.4. The summed E-state index contributed by atoms with van der Waals surface area (Å²) in [6.45, 7) is 2.63. The monoisotopic (exact) mass is 211 g/mol. The highest BCUT2D eigenvalue weighted by Gasteiger charge is 2.41. The van der Waals surface area contributed by atoms with Gasteiger partial charge in [0.15, 0.2) is 0 Å². The number of β-amino-alcohol motifs (C(OH)–C–C–N with tert-alkyl or cyclic N) is 1. The Balaban J connectivity index is 2.44. The Labute approximate surface area is 81.7 Å². The van der Waals surface area contributed by atoms with Gasteiger partial charge < -0.3 is 10.0 Å². The molecular formula is C9H16F3NO. The van der Waals surface area contributed by atoms with Gasteiger partial charge in [0.05, 0.1) is 12.0 Å². The molecule has 2 nitrogen and oxygen atoms in total. The van der Waals surface area contributed by atoms with E-state index in [0.29, 0.717) is 19.5 Å². The van der Waals surface area contributed by atoms with Crippen LogP contribution in [0.3, 0.4) is 0 Å². The van der Waals surface area contributed by atoms with E-state index in [1.54, 1.807) is 11.8 Å². The van der Waals surface area contributed by atoms with E-state index in [2.05, 4.69) is 0 Å². The topological polar surface area (TPSA) is 23.5 Å². The number of nitrogens with zero attached hydrogens (tertiary/aromatic N) is 1. The Morgan fingerprint density at radius 2 is 2.14 bits per heavy atom. The smallest absolute Gasteiger partial charge is 0.392 e.